The molecule has 166 valence electrons. The van der Waals surface area contributed by atoms with Crippen molar-refractivity contribution in [3.05, 3.63) is 35.6 Å². The van der Waals surface area contributed by atoms with Crippen molar-refractivity contribution in [2.75, 3.05) is 13.2 Å². The van der Waals surface area contributed by atoms with E-state index in [9.17, 15) is 5.11 Å². The molecular weight excluding hydrogens is 413 g/mol. The number of aliphatic hydroxyl groups excluding tert-OH is 1. The maximum Gasteiger partial charge on any atom is 0.146 e. The van der Waals surface area contributed by atoms with E-state index in [1.807, 2.05) is 0 Å². The van der Waals surface area contributed by atoms with Crippen LogP contribution in [0.4, 0.5) is 4.39 Å². The van der Waals surface area contributed by atoms with Crippen LogP contribution in [0.2, 0.25) is 16.6 Å². The fourth-order valence-corrected chi connectivity index (χ4v) is 10.6. The van der Waals surface area contributed by atoms with E-state index in [4.69, 9.17) is 17.0 Å². The SMILES string of the molecule is CC(=S)N[C@](C#C[Si](C(C)C)(C(C)C)C(C)C)(c1ccccc1F)[C@H]1COC[C@H]1O. The van der Waals surface area contributed by atoms with Crippen LogP contribution in [0.25, 0.3) is 0 Å². The first-order valence-electron chi connectivity index (χ1n) is 10.8. The summed E-state index contributed by atoms with van der Waals surface area (Å²) in [6.07, 6.45) is -0.756. The number of hydrogen-bond acceptors (Lipinski definition) is 3. The largest absolute Gasteiger partial charge is 0.390 e. The Morgan fingerprint density at radius 1 is 1.17 bits per heavy atom. The molecule has 1 aliphatic rings. The molecule has 2 rings (SSSR count). The highest BCUT2D eigenvalue weighted by atomic mass is 32.1. The van der Waals surface area contributed by atoms with E-state index in [-0.39, 0.29) is 12.4 Å². The van der Waals surface area contributed by atoms with E-state index in [0.717, 1.165) is 0 Å². The van der Waals surface area contributed by atoms with Crippen LogP contribution in [-0.2, 0) is 10.3 Å². The zero-order valence-corrected chi connectivity index (χ0v) is 21.1. The summed E-state index contributed by atoms with van der Waals surface area (Å²) in [5.41, 5.74) is 4.29. The van der Waals surface area contributed by atoms with Crippen LogP contribution in [0.15, 0.2) is 24.3 Å². The Morgan fingerprint density at radius 3 is 2.17 bits per heavy atom. The second-order valence-corrected chi connectivity index (χ2v) is 15.5. The molecule has 2 N–H and O–H groups in total. The highest BCUT2D eigenvalue weighted by Gasteiger charge is 2.49. The minimum atomic E-state index is -2.10. The Balaban J connectivity index is 2.84. The van der Waals surface area contributed by atoms with Gasteiger partial charge in [0.25, 0.3) is 0 Å². The molecule has 0 spiro atoms. The summed E-state index contributed by atoms with van der Waals surface area (Å²) in [6.45, 7) is 15.8. The van der Waals surface area contributed by atoms with Crippen LogP contribution in [0.1, 0.15) is 54.0 Å². The Labute approximate surface area is 187 Å². The molecule has 6 heteroatoms. The van der Waals surface area contributed by atoms with Gasteiger partial charge in [0.1, 0.15) is 19.4 Å². The third kappa shape index (κ3) is 4.65. The number of nitrogens with one attached hydrogen (secondary N) is 1. The standard InChI is InChI=1S/C24H36FNO2SSi/c1-16(2)30(17(3)4,18(5)6)13-12-24(26-19(7)29,21-14-28-15-23(21)27)20-10-8-9-11-22(20)25/h8-11,16-18,21,23,27H,14-15H2,1-7H3,(H,26,29)/t21-,23+,24+/m0/s1. The van der Waals surface area contributed by atoms with Gasteiger partial charge in [0.05, 0.1) is 24.3 Å². The van der Waals surface area contributed by atoms with Crippen LogP contribution in [0, 0.1) is 23.2 Å². The third-order valence-electron chi connectivity index (χ3n) is 6.62. The van der Waals surface area contributed by atoms with Crippen molar-refractivity contribution >= 4 is 25.3 Å². The summed E-state index contributed by atoms with van der Waals surface area (Å²) in [5.74, 6) is 2.72. The molecule has 1 fully saturated rings. The van der Waals surface area contributed by atoms with Crippen molar-refractivity contribution in [1.82, 2.24) is 5.32 Å². The number of aliphatic hydroxyl groups is 1. The smallest absolute Gasteiger partial charge is 0.146 e. The van der Waals surface area contributed by atoms with Gasteiger partial charge in [-0.3, -0.25) is 0 Å². The Morgan fingerprint density at radius 2 is 1.73 bits per heavy atom. The van der Waals surface area contributed by atoms with Gasteiger partial charge in [-0.2, -0.15) is 0 Å². The second kappa shape index (κ2) is 9.91. The second-order valence-electron chi connectivity index (χ2n) is 9.33. The molecule has 0 unspecified atom stereocenters. The molecule has 30 heavy (non-hydrogen) atoms. The van der Waals surface area contributed by atoms with E-state index < -0.39 is 25.6 Å². The minimum Gasteiger partial charge on any atom is -0.390 e. The highest BCUT2D eigenvalue weighted by molar-refractivity contribution is 7.80. The van der Waals surface area contributed by atoms with Gasteiger partial charge in [0, 0.05) is 11.5 Å². The number of benzene rings is 1. The summed E-state index contributed by atoms with van der Waals surface area (Å²) < 4.78 is 20.7. The normalized spacial score (nSPS) is 21.5. The van der Waals surface area contributed by atoms with Crippen LogP contribution in [0.3, 0.4) is 0 Å². The fraction of sp³-hybridized carbons (Fsp3) is 0.625. The molecule has 0 amide bonds. The molecule has 1 aromatic rings. The molecule has 0 saturated carbocycles. The maximum absolute atomic E-state index is 15.1. The number of thiocarbonyl (C=S) groups is 1. The zero-order chi connectivity index (χ0) is 22.7. The van der Waals surface area contributed by atoms with Gasteiger partial charge in [-0.25, -0.2) is 4.39 Å². The van der Waals surface area contributed by atoms with Crippen molar-refractivity contribution in [3.8, 4) is 11.5 Å². The van der Waals surface area contributed by atoms with Gasteiger partial charge < -0.3 is 15.2 Å². The maximum atomic E-state index is 15.1. The van der Waals surface area contributed by atoms with Gasteiger partial charge in [-0.15, -0.1) is 5.54 Å². The lowest BCUT2D eigenvalue weighted by atomic mass is 9.76. The van der Waals surface area contributed by atoms with Gasteiger partial charge in [-0.05, 0) is 29.6 Å². The Bertz CT molecular complexity index is 795. The van der Waals surface area contributed by atoms with E-state index in [2.05, 4.69) is 58.3 Å². The quantitative estimate of drug-likeness (QED) is 0.356. The van der Waals surface area contributed by atoms with Crippen LogP contribution < -0.4 is 5.32 Å². The molecule has 1 aliphatic heterocycles. The summed E-state index contributed by atoms with van der Waals surface area (Å²) >= 11 is 5.41. The van der Waals surface area contributed by atoms with Crippen LogP contribution in [0.5, 0.6) is 0 Å². The highest BCUT2D eigenvalue weighted by Crippen LogP contribution is 2.42. The van der Waals surface area contributed by atoms with E-state index >= 15 is 4.39 Å². The van der Waals surface area contributed by atoms with Crippen LogP contribution >= 0.6 is 12.2 Å². The average molecular weight is 450 g/mol. The van der Waals surface area contributed by atoms with Crippen molar-refractivity contribution in [1.29, 1.82) is 0 Å². The predicted molar refractivity (Wildman–Crippen MR) is 129 cm³/mol. The number of hydrogen-bond donors (Lipinski definition) is 2. The van der Waals surface area contributed by atoms with Crippen LogP contribution in [-0.4, -0.2) is 37.5 Å². The summed E-state index contributed by atoms with van der Waals surface area (Å²) in [4.78, 5) is 0.512. The molecule has 0 aromatic heterocycles. The average Bonchev–Trinajstić information content (AvgIpc) is 3.07. The van der Waals surface area contributed by atoms with Gasteiger partial charge in [-0.1, -0.05) is 77.9 Å². The molecule has 1 aromatic carbocycles. The Hall–Kier alpha value is -1.26. The topological polar surface area (TPSA) is 41.5 Å². The van der Waals surface area contributed by atoms with Gasteiger partial charge in [0.15, 0.2) is 0 Å². The molecule has 3 atom stereocenters. The van der Waals surface area contributed by atoms with E-state index in [1.165, 1.54) is 6.07 Å². The lowest BCUT2D eigenvalue weighted by Gasteiger charge is -2.41. The molecular formula is C24H36FNO2SSi. The minimum absolute atomic E-state index is 0.210. The first-order valence-corrected chi connectivity index (χ1v) is 13.5. The molecule has 0 bridgehead atoms. The van der Waals surface area contributed by atoms with Crippen molar-refractivity contribution in [3.63, 3.8) is 0 Å². The molecule has 1 heterocycles. The summed E-state index contributed by atoms with van der Waals surface area (Å²) in [5, 5.41) is 14.1. The van der Waals surface area contributed by atoms with Crippen molar-refractivity contribution in [2.24, 2.45) is 5.92 Å². The third-order valence-corrected chi connectivity index (χ3v) is 13.0. The van der Waals surface area contributed by atoms with Gasteiger partial charge >= 0.3 is 0 Å². The van der Waals surface area contributed by atoms with Crippen molar-refractivity contribution < 1.29 is 14.2 Å². The summed E-state index contributed by atoms with van der Waals surface area (Å²) in [6, 6.07) is 6.64. The molecule has 0 radical (unpaired) electrons. The van der Waals surface area contributed by atoms with Gasteiger partial charge in [0.2, 0.25) is 0 Å². The van der Waals surface area contributed by atoms with E-state index in [0.29, 0.717) is 33.8 Å². The zero-order valence-electron chi connectivity index (χ0n) is 19.3. The lowest BCUT2D eigenvalue weighted by molar-refractivity contribution is 0.101. The number of halogens is 1. The molecule has 3 nitrogen and oxygen atoms in total. The molecule has 1 saturated heterocycles. The van der Waals surface area contributed by atoms with Crippen molar-refractivity contribution in [2.45, 2.75) is 76.7 Å². The fourth-order valence-electron chi connectivity index (χ4n) is 5.21. The first-order chi connectivity index (χ1) is 14.0. The summed E-state index contributed by atoms with van der Waals surface area (Å²) in [7, 11) is -2.10. The lowest BCUT2D eigenvalue weighted by Crippen LogP contribution is -2.54. The first kappa shape index (κ1) is 25.0. The number of ether oxygens (including phenoxy) is 1. The predicted octanol–water partition coefficient (Wildman–Crippen LogP) is 5.19. The Kier molecular flexibility index (Phi) is 8.26. The van der Waals surface area contributed by atoms with E-state index in [1.54, 1.807) is 25.1 Å². The monoisotopic (exact) mass is 449 g/mol. The number of rotatable bonds is 6. The molecule has 0 aliphatic carbocycles.